The molecule has 1 atom stereocenters. The van der Waals surface area contributed by atoms with Gasteiger partial charge >= 0.3 is 5.97 Å². The molecule has 0 fully saturated rings. The molecule has 1 aromatic heterocycles. The van der Waals surface area contributed by atoms with E-state index in [2.05, 4.69) is 16.6 Å². The summed E-state index contributed by atoms with van der Waals surface area (Å²) in [5.74, 6) is 5.23. The number of sulfonamides is 1. The maximum Gasteiger partial charge on any atom is 0.322 e. The van der Waals surface area contributed by atoms with Gasteiger partial charge in [-0.3, -0.25) is 4.79 Å². The Balaban J connectivity index is 1.61. The van der Waals surface area contributed by atoms with Crippen molar-refractivity contribution < 1.29 is 27.8 Å². The van der Waals surface area contributed by atoms with Crippen LogP contribution in [-0.4, -0.2) is 43.8 Å². The van der Waals surface area contributed by atoms with Gasteiger partial charge in [0.25, 0.3) is 0 Å². The number of fused-ring (bicyclic) bond motifs is 1. The highest BCUT2D eigenvalue weighted by Gasteiger charge is 2.27. The van der Waals surface area contributed by atoms with Crippen molar-refractivity contribution in [1.82, 2.24) is 9.29 Å². The molecule has 0 aliphatic carbocycles. The summed E-state index contributed by atoms with van der Waals surface area (Å²) in [6.07, 6.45) is 1.76. The first-order chi connectivity index (χ1) is 18.7. The topological polar surface area (TPSA) is 107 Å². The zero-order chi connectivity index (χ0) is 28.0. The van der Waals surface area contributed by atoms with Crippen molar-refractivity contribution in [3.05, 3.63) is 89.1 Å². The lowest BCUT2D eigenvalue weighted by molar-refractivity contribution is -0.138. The lowest BCUT2D eigenvalue weighted by Crippen LogP contribution is -2.42. The van der Waals surface area contributed by atoms with E-state index >= 15 is 0 Å². The number of carbonyl (C=O) groups is 1. The zero-order valence-electron chi connectivity index (χ0n) is 21.3. The predicted octanol–water partition coefficient (Wildman–Crippen LogP) is 4.73. The normalized spacial score (nSPS) is 12.0. The number of carboxylic acid groups (broad SMARTS) is 1. The minimum Gasteiger partial charge on any atom is -0.497 e. The number of nitrogens with one attached hydrogen (secondary N) is 1. The monoisotopic (exact) mass is 566 g/mol. The van der Waals surface area contributed by atoms with Crippen molar-refractivity contribution in [1.29, 1.82) is 0 Å². The first-order valence-electron chi connectivity index (χ1n) is 12.0. The Morgan fingerprint density at radius 3 is 2.41 bits per heavy atom. The lowest BCUT2D eigenvalue weighted by Gasteiger charge is -2.15. The number of carboxylic acids is 1. The number of ether oxygens (including phenoxy) is 2. The van der Waals surface area contributed by atoms with Crippen LogP contribution in [0.25, 0.3) is 10.9 Å². The summed E-state index contributed by atoms with van der Waals surface area (Å²) in [7, 11) is -2.59. The molecule has 202 valence electrons. The van der Waals surface area contributed by atoms with Gasteiger partial charge in [-0.15, -0.1) is 5.92 Å². The Kier molecular flexibility index (Phi) is 8.82. The van der Waals surface area contributed by atoms with E-state index in [-0.39, 0.29) is 17.9 Å². The summed E-state index contributed by atoms with van der Waals surface area (Å²) in [6.45, 7) is 2.39. The molecule has 0 saturated carbocycles. The molecule has 39 heavy (non-hydrogen) atoms. The van der Waals surface area contributed by atoms with Crippen molar-refractivity contribution in [2.75, 3.05) is 13.7 Å². The van der Waals surface area contributed by atoms with Crippen LogP contribution in [-0.2, 0) is 27.8 Å². The van der Waals surface area contributed by atoms with Gasteiger partial charge in [-0.1, -0.05) is 29.7 Å². The second-order valence-electron chi connectivity index (χ2n) is 8.69. The van der Waals surface area contributed by atoms with E-state index in [0.717, 1.165) is 16.5 Å². The Morgan fingerprint density at radius 1 is 1.08 bits per heavy atom. The summed E-state index contributed by atoms with van der Waals surface area (Å²) in [6, 6.07) is 17.3. The molecule has 10 heteroatoms. The number of benzene rings is 3. The summed E-state index contributed by atoms with van der Waals surface area (Å²) in [5.41, 5.74) is 2.52. The minimum absolute atomic E-state index is 0.0745. The van der Waals surface area contributed by atoms with E-state index in [1.165, 1.54) is 24.3 Å². The molecule has 0 radical (unpaired) electrons. The van der Waals surface area contributed by atoms with Crippen LogP contribution in [0.2, 0.25) is 5.02 Å². The number of hydrogen-bond donors (Lipinski definition) is 2. The van der Waals surface area contributed by atoms with Gasteiger partial charge in [-0.05, 0) is 72.6 Å². The molecule has 8 nitrogen and oxygen atoms in total. The van der Waals surface area contributed by atoms with E-state index in [9.17, 15) is 18.3 Å². The summed E-state index contributed by atoms with van der Waals surface area (Å²) >= 11 is 6.02. The van der Waals surface area contributed by atoms with E-state index in [1.54, 1.807) is 26.2 Å². The zero-order valence-corrected chi connectivity index (χ0v) is 22.9. The Labute approximate surface area is 232 Å². The number of aromatic nitrogens is 1. The first kappa shape index (κ1) is 28.0. The second kappa shape index (κ2) is 12.3. The highest BCUT2D eigenvalue weighted by Crippen LogP contribution is 2.28. The van der Waals surface area contributed by atoms with Crippen LogP contribution in [0.1, 0.15) is 18.1 Å². The lowest BCUT2D eigenvalue weighted by atomic mass is 10.1. The quantitative estimate of drug-likeness (QED) is 0.254. The van der Waals surface area contributed by atoms with Gasteiger partial charge in [0, 0.05) is 35.1 Å². The van der Waals surface area contributed by atoms with Crippen molar-refractivity contribution in [2.45, 2.75) is 30.8 Å². The van der Waals surface area contributed by atoms with Crippen molar-refractivity contribution in [3.63, 3.8) is 0 Å². The third-order valence-corrected chi connectivity index (χ3v) is 7.82. The minimum atomic E-state index is -4.14. The SMILES string of the molecule is CC#CCOc1ccc(S(=O)(=O)NC(Cc2cn(Cc3ccc(Cl)cc3)c3ccc(OC)cc23)C(=O)O)cc1. The molecule has 4 aromatic rings. The number of halogens is 1. The maximum atomic E-state index is 13.1. The smallest absolute Gasteiger partial charge is 0.322 e. The van der Waals surface area contributed by atoms with Gasteiger partial charge in [0.15, 0.2) is 0 Å². The van der Waals surface area contributed by atoms with E-state index in [0.29, 0.717) is 28.6 Å². The van der Waals surface area contributed by atoms with Gasteiger partial charge in [0.05, 0.1) is 12.0 Å². The first-order valence-corrected chi connectivity index (χ1v) is 13.8. The Hall–Kier alpha value is -3.97. The molecular formula is C29H27ClN2O6S. The Morgan fingerprint density at radius 2 is 1.77 bits per heavy atom. The van der Waals surface area contributed by atoms with E-state index in [4.69, 9.17) is 21.1 Å². The van der Waals surface area contributed by atoms with Crippen LogP contribution >= 0.6 is 11.6 Å². The van der Waals surface area contributed by atoms with E-state index in [1.807, 2.05) is 41.1 Å². The maximum absolute atomic E-state index is 13.1. The van der Waals surface area contributed by atoms with Gasteiger partial charge in [-0.2, -0.15) is 4.72 Å². The van der Waals surface area contributed by atoms with Gasteiger partial charge < -0.3 is 19.1 Å². The largest absolute Gasteiger partial charge is 0.497 e. The Bertz CT molecular complexity index is 1640. The fraction of sp³-hybridized carbons (Fsp3) is 0.207. The van der Waals surface area contributed by atoms with Crippen LogP contribution < -0.4 is 14.2 Å². The number of hydrogen-bond acceptors (Lipinski definition) is 5. The highest BCUT2D eigenvalue weighted by atomic mass is 35.5. The molecular weight excluding hydrogens is 540 g/mol. The molecule has 2 N–H and O–H groups in total. The van der Waals surface area contributed by atoms with Crippen LogP contribution in [0.3, 0.4) is 0 Å². The van der Waals surface area contributed by atoms with Crippen molar-refractivity contribution >= 4 is 38.5 Å². The summed E-state index contributed by atoms with van der Waals surface area (Å²) < 4.78 is 41.3. The standard InChI is InChI=1S/C29H27ClN2O6S/c1-3-4-15-38-23-9-12-25(13-10-23)39(35,36)31-27(29(33)34)16-21-19-32(18-20-5-7-22(30)8-6-20)28-14-11-24(37-2)17-26(21)28/h5-14,17,19,27,31H,15-16,18H2,1-2H3,(H,33,34). The number of aliphatic carboxylic acids is 1. The molecule has 0 saturated heterocycles. The molecule has 4 rings (SSSR count). The number of nitrogens with zero attached hydrogens (tertiary/aromatic N) is 1. The molecule has 1 heterocycles. The average molecular weight is 567 g/mol. The molecule has 0 bridgehead atoms. The van der Waals surface area contributed by atoms with Gasteiger partial charge in [-0.25, -0.2) is 8.42 Å². The molecule has 0 amide bonds. The molecule has 1 unspecified atom stereocenters. The third kappa shape index (κ3) is 6.92. The van der Waals surface area contributed by atoms with Crippen LogP contribution in [0, 0.1) is 11.8 Å². The third-order valence-electron chi connectivity index (χ3n) is 6.08. The molecule has 0 spiro atoms. The summed E-state index contributed by atoms with van der Waals surface area (Å²) in [4.78, 5) is 12.1. The second-order valence-corrected chi connectivity index (χ2v) is 10.8. The summed E-state index contributed by atoms with van der Waals surface area (Å²) in [5, 5.41) is 11.3. The molecule has 0 aliphatic rings. The number of methoxy groups -OCH3 is 1. The van der Waals surface area contributed by atoms with Crippen LogP contribution in [0.5, 0.6) is 11.5 Å². The predicted molar refractivity (Wildman–Crippen MR) is 150 cm³/mol. The highest BCUT2D eigenvalue weighted by molar-refractivity contribution is 7.89. The number of rotatable bonds is 11. The van der Waals surface area contributed by atoms with E-state index < -0.39 is 22.0 Å². The van der Waals surface area contributed by atoms with Crippen molar-refractivity contribution in [3.8, 4) is 23.3 Å². The fourth-order valence-electron chi connectivity index (χ4n) is 4.12. The van der Waals surface area contributed by atoms with Crippen LogP contribution in [0.4, 0.5) is 0 Å². The van der Waals surface area contributed by atoms with Crippen molar-refractivity contribution in [2.24, 2.45) is 0 Å². The van der Waals surface area contributed by atoms with Gasteiger partial charge in [0.2, 0.25) is 10.0 Å². The fourth-order valence-corrected chi connectivity index (χ4v) is 5.43. The molecule has 0 aliphatic heterocycles. The van der Waals surface area contributed by atoms with Gasteiger partial charge in [0.1, 0.15) is 24.1 Å². The molecule has 3 aromatic carbocycles. The van der Waals surface area contributed by atoms with Crippen LogP contribution in [0.15, 0.2) is 77.8 Å². The average Bonchev–Trinajstić information content (AvgIpc) is 3.25.